The number of benzene rings is 2. The highest BCUT2D eigenvalue weighted by Gasteiger charge is 2.33. The number of halogens is 1. The van der Waals surface area contributed by atoms with Crippen molar-refractivity contribution in [2.24, 2.45) is 0 Å². The summed E-state index contributed by atoms with van der Waals surface area (Å²) < 4.78 is 6.93. The fourth-order valence-electron chi connectivity index (χ4n) is 4.14. The van der Waals surface area contributed by atoms with Crippen LogP contribution in [0.5, 0.6) is 5.75 Å². The average Bonchev–Trinajstić information content (AvgIpc) is 2.72. The number of rotatable bonds is 6. The molecule has 2 aromatic rings. The molecule has 1 amide bonds. The third kappa shape index (κ3) is 5.00. The van der Waals surface area contributed by atoms with Gasteiger partial charge >= 0.3 is 0 Å². The van der Waals surface area contributed by atoms with Gasteiger partial charge < -0.3 is 20.1 Å². The van der Waals surface area contributed by atoms with Crippen LogP contribution in [0, 0.1) is 0 Å². The highest BCUT2D eigenvalue weighted by atomic mass is 79.9. The molecule has 0 saturated carbocycles. The summed E-state index contributed by atoms with van der Waals surface area (Å²) in [5.74, 6) is 0.946. The normalized spacial score (nSPS) is 18.8. The smallest absolute Gasteiger partial charge is 0.224 e. The molecule has 6 heteroatoms. The zero-order valence-electron chi connectivity index (χ0n) is 16.5. The largest absolute Gasteiger partial charge is 0.494 e. The fraction of sp³-hybridized carbons (Fsp3) is 0.435. The molecule has 154 valence electrons. The second-order valence-electron chi connectivity index (χ2n) is 7.95. The monoisotopic (exact) mass is 458 g/mol. The summed E-state index contributed by atoms with van der Waals surface area (Å²) in [5.41, 5.74) is 2.32. The Morgan fingerprint density at radius 2 is 1.97 bits per heavy atom. The Kier molecular flexibility index (Phi) is 6.23. The second kappa shape index (κ2) is 8.86. The predicted molar refractivity (Wildman–Crippen MR) is 117 cm³/mol. The number of nitrogens with zero attached hydrogens (tertiary/aromatic N) is 1. The number of fused-ring (bicyclic) bond motifs is 1. The maximum Gasteiger partial charge on any atom is 0.224 e. The number of amides is 1. The first-order chi connectivity index (χ1) is 14.0. The predicted octanol–water partition coefficient (Wildman–Crippen LogP) is 4.09. The van der Waals surface area contributed by atoms with Gasteiger partial charge in [0.25, 0.3) is 0 Å². The zero-order chi connectivity index (χ0) is 20.3. The number of carbonyl (C=O) groups excluding carboxylic acids is 1. The number of hydrogen-bond acceptors (Lipinski definition) is 4. The van der Waals surface area contributed by atoms with E-state index in [-0.39, 0.29) is 5.91 Å². The van der Waals surface area contributed by atoms with Gasteiger partial charge in [0, 0.05) is 36.2 Å². The minimum atomic E-state index is -0.727. The standard InChI is InChI=1S/C23H27BrN2O3/c24-19-4-1-3-18(16-19)23(28)9-12-26(13-10-23)11-2-14-29-20-6-7-21-17(15-20)5-8-22(27)25-21/h1,3-4,6-7,15-16,28H,2,5,8-14H2,(H,25,27). The van der Waals surface area contributed by atoms with Crippen molar-refractivity contribution < 1.29 is 14.6 Å². The summed E-state index contributed by atoms with van der Waals surface area (Å²) >= 11 is 3.50. The Morgan fingerprint density at radius 1 is 1.14 bits per heavy atom. The number of likely N-dealkylation sites (tertiary alicyclic amines) is 1. The molecule has 1 fully saturated rings. The molecule has 4 rings (SSSR count). The minimum Gasteiger partial charge on any atom is -0.494 e. The molecule has 2 aliphatic rings. The summed E-state index contributed by atoms with van der Waals surface area (Å²) in [5, 5.41) is 13.9. The molecule has 0 atom stereocenters. The summed E-state index contributed by atoms with van der Waals surface area (Å²) in [4.78, 5) is 13.8. The molecule has 0 unspecified atom stereocenters. The summed E-state index contributed by atoms with van der Waals surface area (Å²) in [7, 11) is 0. The van der Waals surface area contributed by atoms with Crippen LogP contribution < -0.4 is 10.1 Å². The van der Waals surface area contributed by atoms with E-state index in [2.05, 4.69) is 26.1 Å². The van der Waals surface area contributed by atoms with Crippen LogP contribution in [0.4, 0.5) is 5.69 Å². The van der Waals surface area contributed by atoms with Crippen LogP contribution in [0.15, 0.2) is 46.9 Å². The number of aliphatic hydroxyl groups is 1. The number of piperidine rings is 1. The Labute approximate surface area is 180 Å². The van der Waals surface area contributed by atoms with Crippen molar-refractivity contribution in [2.75, 3.05) is 31.6 Å². The highest BCUT2D eigenvalue weighted by Crippen LogP contribution is 2.34. The quantitative estimate of drug-likeness (QED) is 0.639. The Morgan fingerprint density at radius 3 is 2.76 bits per heavy atom. The van der Waals surface area contributed by atoms with Gasteiger partial charge in [0.15, 0.2) is 0 Å². The van der Waals surface area contributed by atoms with E-state index in [1.165, 1.54) is 0 Å². The van der Waals surface area contributed by atoms with Crippen LogP contribution in [0.2, 0.25) is 0 Å². The number of aryl methyl sites for hydroxylation is 1. The Hall–Kier alpha value is -1.89. The van der Waals surface area contributed by atoms with E-state index in [1.807, 2.05) is 42.5 Å². The van der Waals surface area contributed by atoms with Gasteiger partial charge in [0.1, 0.15) is 5.75 Å². The molecule has 0 radical (unpaired) electrons. The van der Waals surface area contributed by atoms with Gasteiger partial charge in [-0.25, -0.2) is 0 Å². The van der Waals surface area contributed by atoms with Crippen LogP contribution in [-0.2, 0) is 16.8 Å². The molecule has 2 aromatic carbocycles. The third-order valence-corrected chi connectivity index (χ3v) is 6.40. The summed E-state index contributed by atoms with van der Waals surface area (Å²) in [6.45, 7) is 3.41. The van der Waals surface area contributed by atoms with Crippen LogP contribution in [0.1, 0.15) is 36.8 Å². The molecular formula is C23H27BrN2O3. The average molecular weight is 459 g/mol. The number of anilines is 1. The lowest BCUT2D eigenvalue weighted by Crippen LogP contribution is -2.43. The van der Waals surface area contributed by atoms with E-state index in [1.54, 1.807) is 0 Å². The van der Waals surface area contributed by atoms with Crippen molar-refractivity contribution in [1.82, 2.24) is 4.90 Å². The molecule has 5 nitrogen and oxygen atoms in total. The number of ether oxygens (including phenoxy) is 1. The molecule has 0 spiro atoms. The molecular weight excluding hydrogens is 432 g/mol. The summed E-state index contributed by atoms with van der Waals surface area (Å²) in [6, 6.07) is 13.9. The molecule has 2 aliphatic heterocycles. The van der Waals surface area contributed by atoms with Gasteiger partial charge in [-0.1, -0.05) is 28.1 Å². The molecule has 2 heterocycles. The van der Waals surface area contributed by atoms with E-state index in [0.717, 1.165) is 72.4 Å². The van der Waals surface area contributed by atoms with Gasteiger partial charge in [0.2, 0.25) is 5.91 Å². The van der Waals surface area contributed by atoms with E-state index < -0.39 is 5.60 Å². The van der Waals surface area contributed by atoms with Gasteiger partial charge in [-0.3, -0.25) is 4.79 Å². The van der Waals surface area contributed by atoms with Crippen molar-refractivity contribution >= 4 is 27.5 Å². The van der Waals surface area contributed by atoms with Crippen molar-refractivity contribution in [3.8, 4) is 5.75 Å². The Bertz CT molecular complexity index is 878. The molecule has 1 saturated heterocycles. The molecule has 2 N–H and O–H groups in total. The lowest BCUT2D eigenvalue weighted by Gasteiger charge is -2.38. The van der Waals surface area contributed by atoms with E-state index >= 15 is 0 Å². The fourth-order valence-corrected chi connectivity index (χ4v) is 4.54. The van der Waals surface area contributed by atoms with Gasteiger partial charge in [0.05, 0.1) is 12.2 Å². The first kappa shape index (κ1) is 20.4. The SMILES string of the molecule is O=C1CCc2cc(OCCCN3CCC(O)(c4cccc(Br)c4)CC3)ccc2N1. The first-order valence-electron chi connectivity index (χ1n) is 10.3. The number of carbonyl (C=O) groups is 1. The van der Waals surface area contributed by atoms with E-state index in [0.29, 0.717) is 13.0 Å². The van der Waals surface area contributed by atoms with Crippen molar-refractivity contribution in [2.45, 2.75) is 37.7 Å². The second-order valence-corrected chi connectivity index (χ2v) is 8.87. The van der Waals surface area contributed by atoms with Gasteiger partial charge in [-0.15, -0.1) is 0 Å². The Balaban J connectivity index is 1.21. The van der Waals surface area contributed by atoms with Crippen molar-refractivity contribution in [1.29, 1.82) is 0 Å². The molecule has 0 aliphatic carbocycles. The van der Waals surface area contributed by atoms with E-state index in [4.69, 9.17) is 4.74 Å². The van der Waals surface area contributed by atoms with E-state index in [9.17, 15) is 9.90 Å². The number of hydrogen-bond donors (Lipinski definition) is 2. The maximum atomic E-state index is 11.4. The van der Waals surface area contributed by atoms with Crippen LogP contribution in [-0.4, -0.2) is 42.2 Å². The molecule has 0 aromatic heterocycles. The van der Waals surface area contributed by atoms with Crippen LogP contribution >= 0.6 is 15.9 Å². The number of nitrogens with one attached hydrogen (secondary N) is 1. The topological polar surface area (TPSA) is 61.8 Å². The van der Waals surface area contributed by atoms with Crippen molar-refractivity contribution in [3.05, 3.63) is 58.1 Å². The highest BCUT2D eigenvalue weighted by molar-refractivity contribution is 9.10. The minimum absolute atomic E-state index is 0.0829. The zero-order valence-corrected chi connectivity index (χ0v) is 18.1. The van der Waals surface area contributed by atoms with Crippen LogP contribution in [0.3, 0.4) is 0 Å². The van der Waals surface area contributed by atoms with Gasteiger partial charge in [-0.05, 0) is 67.1 Å². The lowest BCUT2D eigenvalue weighted by molar-refractivity contribution is -0.116. The lowest BCUT2D eigenvalue weighted by atomic mass is 9.84. The molecule has 0 bridgehead atoms. The first-order valence-corrected chi connectivity index (χ1v) is 11.1. The molecule has 29 heavy (non-hydrogen) atoms. The summed E-state index contributed by atoms with van der Waals surface area (Å²) in [6.07, 6.45) is 3.76. The third-order valence-electron chi connectivity index (χ3n) is 5.90. The maximum absolute atomic E-state index is 11.4. The van der Waals surface area contributed by atoms with Crippen LogP contribution in [0.25, 0.3) is 0 Å². The van der Waals surface area contributed by atoms with Crippen molar-refractivity contribution in [3.63, 3.8) is 0 Å². The van der Waals surface area contributed by atoms with Gasteiger partial charge in [-0.2, -0.15) is 0 Å².